The van der Waals surface area contributed by atoms with Crippen LogP contribution >= 0.6 is 0 Å². The molecule has 0 fully saturated rings. The quantitative estimate of drug-likeness (QED) is 0.197. The maximum Gasteiger partial charge on any atom is 0.0462 e. The van der Waals surface area contributed by atoms with Crippen LogP contribution in [0.15, 0.2) is 170 Å². The molecule has 6 aromatic carbocycles. The molecule has 6 aromatic rings. The highest BCUT2D eigenvalue weighted by atomic mass is 15.1. The molecule has 0 aliphatic rings. The molecule has 186 valence electrons. The van der Waals surface area contributed by atoms with Crippen molar-refractivity contribution in [1.82, 2.24) is 0 Å². The zero-order chi connectivity index (χ0) is 26.3. The Morgan fingerprint density at radius 3 is 1.15 bits per heavy atom. The van der Waals surface area contributed by atoms with Gasteiger partial charge in [0.05, 0.1) is 0 Å². The molecule has 1 heteroatoms. The summed E-state index contributed by atoms with van der Waals surface area (Å²) in [6.07, 6.45) is 2.27. The van der Waals surface area contributed by atoms with Crippen LogP contribution in [-0.2, 0) is 0 Å². The number of para-hydroxylation sites is 2. The van der Waals surface area contributed by atoms with Gasteiger partial charge in [-0.05, 0) is 75.9 Å². The van der Waals surface area contributed by atoms with Gasteiger partial charge >= 0.3 is 0 Å². The lowest BCUT2D eigenvalue weighted by Crippen LogP contribution is -2.09. The second-order valence-corrected chi connectivity index (χ2v) is 9.47. The Hall–Kier alpha value is -5.14. The maximum atomic E-state index is 2.28. The van der Waals surface area contributed by atoms with E-state index in [1.165, 1.54) is 33.4 Å². The molecule has 0 spiro atoms. The number of rotatable bonds is 7. The summed E-state index contributed by atoms with van der Waals surface area (Å²) in [6.45, 7) is 0. The van der Waals surface area contributed by atoms with Gasteiger partial charge in [0.2, 0.25) is 0 Å². The van der Waals surface area contributed by atoms with Crippen LogP contribution in [0, 0.1) is 0 Å². The molecule has 0 radical (unpaired) electrons. The van der Waals surface area contributed by atoms with E-state index in [4.69, 9.17) is 0 Å². The van der Waals surface area contributed by atoms with Crippen LogP contribution in [0.3, 0.4) is 0 Å². The molecule has 6 rings (SSSR count). The molecule has 0 aliphatic carbocycles. The lowest BCUT2D eigenvalue weighted by molar-refractivity contribution is 1.28. The van der Waals surface area contributed by atoms with Crippen molar-refractivity contribution >= 4 is 28.7 Å². The van der Waals surface area contributed by atoms with Crippen molar-refractivity contribution in [3.63, 3.8) is 0 Å². The van der Waals surface area contributed by atoms with Crippen molar-refractivity contribution in [2.24, 2.45) is 0 Å². The predicted octanol–water partition coefficient (Wildman–Crippen LogP) is 10.4. The molecule has 0 bridgehead atoms. The summed E-state index contributed by atoms with van der Waals surface area (Å²) in [5.74, 6) is 0. The highest BCUT2D eigenvalue weighted by Crippen LogP contribution is 2.35. The van der Waals surface area contributed by atoms with Gasteiger partial charge < -0.3 is 4.90 Å². The zero-order valence-electron chi connectivity index (χ0n) is 21.7. The minimum atomic E-state index is 1.13. The summed E-state index contributed by atoms with van der Waals surface area (Å²) < 4.78 is 0. The first kappa shape index (κ1) is 24.2. The van der Waals surface area contributed by atoms with Crippen LogP contribution < -0.4 is 4.90 Å². The number of hydrogen-bond acceptors (Lipinski definition) is 1. The predicted molar refractivity (Wildman–Crippen MR) is 166 cm³/mol. The summed E-state index contributed by atoms with van der Waals surface area (Å²) in [5, 5.41) is 0. The molecule has 0 unspecified atom stereocenters. The Bertz CT molecular complexity index is 1560. The molecular formula is C38H29N. The summed E-state index contributed by atoms with van der Waals surface area (Å²) in [4.78, 5) is 2.28. The van der Waals surface area contributed by atoms with Crippen LogP contribution in [0.25, 0.3) is 22.8 Å². The largest absolute Gasteiger partial charge is 0.311 e. The highest BCUT2D eigenvalue weighted by molar-refractivity contribution is 5.91. The van der Waals surface area contributed by atoms with E-state index in [-0.39, 0.29) is 0 Å². The molecule has 0 N–H and O–H groups in total. The Morgan fingerprint density at radius 2 is 0.718 bits per heavy atom. The van der Waals surface area contributed by atoms with E-state index in [9.17, 15) is 0 Å². The molecule has 0 aliphatic heterocycles. The van der Waals surface area contributed by atoms with Crippen molar-refractivity contribution in [3.8, 4) is 11.1 Å². The average Bonchev–Trinajstić information content (AvgIpc) is 3.03. The van der Waals surface area contributed by atoms with E-state index in [0.717, 1.165) is 17.1 Å². The molecule has 0 heterocycles. The fourth-order valence-corrected chi connectivity index (χ4v) is 4.91. The number of hydrogen-bond donors (Lipinski definition) is 0. The third kappa shape index (κ3) is 5.58. The van der Waals surface area contributed by atoms with Crippen LogP contribution in [0.4, 0.5) is 17.1 Å². The highest BCUT2D eigenvalue weighted by Gasteiger charge is 2.12. The summed E-state index contributed by atoms with van der Waals surface area (Å²) in [5.41, 5.74) is 10.6. The third-order valence-electron chi connectivity index (χ3n) is 6.88. The first-order valence-corrected chi connectivity index (χ1v) is 13.3. The first-order chi connectivity index (χ1) is 19.3. The molecular weight excluding hydrogens is 470 g/mol. The normalized spacial score (nSPS) is 10.6. The summed E-state index contributed by atoms with van der Waals surface area (Å²) in [7, 11) is 0. The number of anilines is 3. The second-order valence-electron chi connectivity index (χ2n) is 9.47. The van der Waals surface area contributed by atoms with E-state index in [2.05, 4.69) is 181 Å². The van der Waals surface area contributed by atoms with Crippen LogP contribution in [-0.4, -0.2) is 0 Å². The fourth-order valence-electron chi connectivity index (χ4n) is 4.91. The SMILES string of the molecule is C(=C(c1ccccc1)c1ccccc1)c1ccc(-c2ccc(N(c3ccccc3)c3ccccc3)cc2)cc1. The van der Waals surface area contributed by atoms with Crippen molar-refractivity contribution in [3.05, 3.63) is 187 Å². The third-order valence-corrected chi connectivity index (χ3v) is 6.88. The minimum absolute atomic E-state index is 1.13. The topological polar surface area (TPSA) is 3.24 Å². The number of nitrogens with zero attached hydrogens (tertiary/aromatic N) is 1. The molecule has 0 aromatic heterocycles. The van der Waals surface area contributed by atoms with E-state index in [1.807, 2.05) is 0 Å². The average molecular weight is 500 g/mol. The van der Waals surface area contributed by atoms with Gasteiger partial charge in [-0.25, -0.2) is 0 Å². The van der Waals surface area contributed by atoms with E-state index in [1.54, 1.807) is 0 Å². The Balaban J connectivity index is 1.29. The van der Waals surface area contributed by atoms with Gasteiger partial charge in [-0.3, -0.25) is 0 Å². The van der Waals surface area contributed by atoms with Crippen molar-refractivity contribution < 1.29 is 0 Å². The zero-order valence-corrected chi connectivity index (χ0v) is 21.7. The Morgan fingerprint density at radius 1 is 0.359 bits per heavy atom. The van der Waals surface area contributed by atoms with E-state index >= 15 is 0 Å². The van der Waals surface area contributed by atoms with E-state index in [0.29, 0.717) is 0 Å². The summed E-state index contributed by atoms with van der Waals surface area (Å²) in [6, 6.07) is 59.8. The van der Waals surface area contributed by atoms with Crippen molar-refractivity contribution in [1.29, 1.82) is 0 Å². The van der Waals surface area contributed by atoms with Crippen LogP contribution in [0.2, 0.25) is 0 Å². The van der Waals surface area contributed by atoms with Gasteiger partial charge in [-0.2, -0.15) is 0 Å². The van der Waals surface area contributed by atoms with Crippen LogP contribution in [0.5, 0.6) is 0 Å². The molecule has 0 saturated carbocycles. The molecule has 0 atom stereocenters. The fraction of sp³-hybridized carbons (Fsp3) is 0. The maximum absolute atomic E-state index is 2.28. The van der Waals surface area contributed by atoms with Gasteiger partial charge in [0.1, 0.15) is 0 Å². The Labute approximate surface area is 231 Å². The van der Waals surface area contributed by atoms with Gasteiger partial charge in [-0.15, -0.1) is 0 Å². The standard InChI is InChI=1S/C38H29N/c1-5-13-33(14-6-1)38(34-15-7-2-8-16-34)29-30-21-23-31(24-22-30)32-25-27-37(28-26-32)39(35-17-9-3-10-18-35)36-19-11-4-12-20-36/h1-29H. The van der Waals surface area contributed by atoms with Crippen LogP contribution in [0.1, 0.15) is 16.7 Å². The molecule has 0 saturated heterocycles. The first-order valence-electron chi connectivity index (χ1n) is 13.3. The molecule has 39 heavy (non-hydrogen) atoms. The molecule has 0 amide bonds. The smallest absolute Gasteiger partial charge is 0.0462 e. The van der Waals surface area contributed by atoms with E-state index < -0.39 is 0 Å². The second kappa shape index (κ2) is 11.5. The number of benzene rings is 6. The van der Waals surface area contributed by atoms with Crippen molar-refractivity contribution in [2.75, 3.05) is 4.90 Å². The lowest BCUT2D eigenvalue weighted by Gasteiger charge is -2.25. The lowest BCUT2D eigenvalue weighted by atomic mass is 9.95. The van der Waals surface area contributed by atoms with Crippen molar-refractivity contribution in [2.45, 2.75) is 0 Å². The van der Waals surface area contributed by atoms with Gasteiger partial charge in [0, 0.05) is 17.1 Å². The molecule has 1 nitrogen and oxygen atoms in total. The Kier molecular flexibility index (Phi) is 7.14. The minimum Gasteiger partial charge on any atom is -0.311 e. The monoisotopic (exact) mass is 499 g/mol. The van der Waals surface area contributed by atoms with Gasteiger partial charge in [0.15, 0.2) is 0 Å². The summed E-state index contributed by atoms with van der Waals surface area (Å²) >= 11 is 0. The van der Waals surface area contributed by atoms with Gasteiger partial charge in [-0.1, -0.05) is 133 Å². The van der Waals surface area contributed by atoms with Gasteiger partial charge in [0.25, 0.3) is 0 Å².